The lowest BCUT2D eigenvalue weighted by Crippen LogP contribution is -2.48. The second-order valence-electron chi connectivity index (χ2n) is 9.21. The highest BCUT2D eigenvalue weighted by atomic mass is 127. The monoisotopic (exact) mass is 571 g/mol. The number of rotatable bonds is 10. The molecule has 2 heterocycles. The number of amides is 1. The van der Waals surface area contributed by atoms with E-state index in [-0.39, 0.29) is 29.9 Å². The SMILES string of the molecule is CCNC(=NCC(C(C)C)N1CCOCC1)NCC1CC(=O)N(CCc2ccccc2)C1.I. The van der Waals surface area contributed by atoms with Gasteiger partial charge >= 0.3 is 0 Å². The molecule has 33 heavy (non-hydrogen) atoms. The minimum Gasteiger partial charge on any atom is -0.379 e. The molecule has 1 aromatic rings. The lowest BCUT2D eigenvalue weighted by Gasteiger charge is -2.36. The van der Waals surface area contributed by atoms with Crippen LogP contribution in [0.3, 0.4) is 0 Å². The summed E-state index contributed by atoms with van der Waals surface area (Å²) in [6, 6.07) is 10.8. The lowest BCUT2D eigenvalue weighted by molar-refractivity contribution is -0.127. The van der Waals surface area contributed by atoms with Crippen LogP contribution >= 0.6 is 24.0 Å². The molecular weight excluding hydrogens is 529 g/mol. The van der Waals surface area contributed by atoms with Crippen molar-refractivity contribution in [3.8, 4) is 0 Å². The summed E-state index contributed by atoms with van der Waals surface area (Å²) in [7, 11) is 0. The van der Waals surface area contributed by atoms with Crippen molar-refractivity contribution in [3.63, 3.8) is 0 Å². The number of likely N-dealkylation sites (tertiary alicyclic amines) is 1. The Morgan fingerprint density at radius 1 is 1.18 bits per heavy atom. The van der Waals surface area contributed by atoms with Crippen molar-refractivity contribution in [1.29, 1.82) is 0 Å². The predicted molar refractivity (Wildman–Crippen MR) is 145 cm³/mol. The summed E-state index contributed by atoms with van der Waals surface area (Å²) >= 11 is 0. The molecule has 0 radical (unpaired) electrons. The van der Waals surface area contributed by atoms with E-state index in [1.54, 1.807) is 0 Å². The second-order valence-corrected chi connectivity index (χ2v) is 9.21. The fourth-order valence-electron chi connectivity index (χ4n) is 4.54. The van der Waals surface area contributed by atoms with Gasteiger partial charge in [0.25, 0.3) is 0 Å². The number of hydrogen-bond donors (Lipinski definition) is 2. The van der Waals surface area contributed by atoms with Crippen LogP contribution in [0, 0.1) is 11.8 Å². The molecule has 2 atom stereocenters. The third-order valence-electron chi connectivity index (χ3n) is 6.43. The van der Waals surface area contributed by atoms with Crippen LogP contribution in [0.15, 0.2) is 35.3 Å². The van der Waals surface area contributed by atoms with E-state index >= 15 is 0 Å². The van der Waals surface area contributed by atoms with Crippen molar-refractivity contribution in [2.75, 3.05) is 59.0 Å². The molecule has 0 spiro atoms. The Morgan fingerprint density at radius 2 is 1.91 bits per heavy atom. The first-order chi connectivity index (χ1) is 15.6. The van der Waals surface area contributed by atoms with Crippen LogP contribution in [0.2, 0.25) is 0 Å². The number of morpholine rings is 1. The fourth-order valence-corrected chi connectivity index (χ4v) is 4.54. The van der Waals surface area contributed by atoms with Gasteiger partial charge in [-0.15, -0.1) is 24.0 Å². The van der Waals surface area contributed by atoms with E-state index in [0.29, 0.717) is 24.3 Å². The molecular formula is C25H42IN5O2. The van der Waals surface area contributed by atoms with Gasteiger partial charge in [-0.05, 0) is 24.8 Å². The fraction of sp³-hybridized carbons (Fsp3) is 0.680. The Balaban J connectivity index is 0.00000385. The van der Waals surface area contributed by atoms with Crippen molar-refractivity contribution < 1.29 is 9.53 Å². The van der Waals surface area contributed by atoms with Crippen LogP contribution in [0.5, 0.6) is 0 Å². The van der Waals surface area contributed by atoms with Crippen LogP contribution in [-0.4, -0.2) is 86.7 Å². The van der Waals surface area contributed by atoms with E-state index in [4.69, 9.17) is 9.73 Å². The number of guanidine groups is 1. The normalized spacial score (nSPS) is 20.6. The molecule has 186 valence electrons. The molecule has 2 aliphatic heterocycles. The third-order valence-corrected chi connectivity index (χ3v) is 6.43. The number of ether oxygens (including phenoxy) is 1. The molecule has 0 aromatic heterocycles. The smallest absolute Gasteiger partial charge is 0.223 e. The topological polar surface area (TPSA) is 69.2 Å². The molecule has 7 nitrogen and oxygen atoms in total. The number of nitrogens with one attached hydrogen (secondary N) is 2. The molecule has 1 aromatic carbocycles. The van der Waals surface area contributed by atoms with Crippen LogP contribution in [0.4, 0.5) is 0 Å². The van der Waals surface area contributed by atoms with Gasteiger partial charge in [0.1, 0.15) is 0 Å². The number of halogens is 1. The molecule has 0 aliphatic carbocycles. The van der Waals surface area contributed by atoms with Crippen molar-refractivity contribution in [2.45, 2.75) is 39.7 Å². The first kappa shape index (κ1) is 27.9. The summed E-state index contributed by atoms with van der Waals surface area (Å²) in [5, 5.41) is 6.86. The number of nitrogens with zero attached hydrogens (tertiary/aromatic N) is 3. The molecule has 2 fully saturated rings. The van der Waals surface area contributed by atoms with Gasteiger partial charge < -0.3 is 20.3 Å². The van der Waals surface area contributed by atoms with E-state index in [1.807, 2.05) is 11.0 Å². The highest BCUT2D eigenvalue weighted by molar-refractivity contribution is 14.0. The highest BCUT2D eigenvalue weighted by Crippen LogP contribution is 2.18. The van der Waals surface area contributed by atoms with Gasteiger partial charge in [0, 0.05) is 57.6 Å². The zero-order valence-corrected chi connectivity index (χ0v) is 22.8. The van der Waals surface area contributed by atoms with Gasteiger partial charge in [0.2, 0.25) is 5.91 Å². The Morgan fingerprint density at radius 3 is 2.58 bits per heavy atom. The Labute approximate surface area is 216 Å². The zero-order valence-electron chi connectivity index (χ0n) is 20.5. The minimum absolute atomic E-state index is 0. The van der Waals surface area contributed by atoms with Crippen LogP contribution in [0.1, 0.15) is 32.8 Å². The summed E-state index contributed by atoms with van der Waals surface area (Å²) in [5.41, 5.74) is 1.28. The van der Waals surface area contributed by atoms with E-state index in [0.717, 1.165) is 71.4 Å². The molecule has 8 heteroatoms. The van der Waals surface area contributed by atoms with Gasteiger partial charge in [-0.1, -0.05) is 44.2 Å². The standard InChI is InChI=1S/C25H41N5O2.HI/c1-4-26-25(28-18-23(20(2)3)29-12-14-32-15-13-29)27-17-22-16-24(31)30(19-22)11-10-21-8-6-5-7-9-21;/h5-9,20,22-23H,4,10-19H2,1-3H3,(H2,26,27,28);1H. The maximum absolute atomic E-state index is 12.5. The molecule has 2 unspecified atom stereocenters. The Bertz CT molecular complexity index is 725. The number of carbonyl (C=O) groups is 1. The second kappa shape index (κ2) is 14.8. The predicted octanol–water partition coefficient (Wildman–Crippen LogP) is 2.61. The van der Waals surface area contributed by atoms with Crippen molar-refractivity contribution in [1.82, 2.24) is 20.4 Å². The van der Waals surface area contributed by atoms with Gasteiger partial charge in [0.05, 0.1) is 19.8 Å². The molecule has 1 amide bonds. The van der Waals surface area contributed by atoms with Gasteiger partial charge in [0.15, 0.2) is 5.96 Å². The summed E-state index contributed by atoms with van der Waals surface area (Å²) in [4.78, 5) is 21.9. The number of aliphatic imine (C=N–C) groups is 1. The average Bonchev–Trinajstić information content (AvgIpc) is 3.16. The number of hydrogen-bond acceptors (Lipinski definition) is 4. The van der Waals surface area contributed by atoms with Gasteiger partial charge in [-0.2, -0.15) is 0 Å². The lowest BCUT2D eigenvalue weighted by atomic mass is 10.0. The maximum atomic E-state index is 12.5. The van der Waals surface area contributed by atoms with Gasteiger partial charge in [-0.25, -0.2) is 0 Å². The quantitative estimate of drug-likeness (QED) is 0.257. The van der Waals surface area contributed by atoms with Gasteiger partial charge in [-0.3, -0.25) is 14.7 Å². The minimum atomic E-state index is 0. The van der Waals surface area contributed by atoms with Crippen molar-refractivity contribution >= 4 is 35.8 Å². The average molecular weight is 572 g/mol. The van der Waals surface area contributed by atoms with E-state index in [9.17, 15) is 4.79 Å². The molecule has 2 N–H and O–H groups in total. The number of carbonyl (C=O) groups excluding carboxylic acids is 1. The summed E-state index contributed by atoms with van der Waals surface area (Å²) in [6.45, 7) is 14.2. The van der Waals surface area contributed by atoms with Crippen LogP contribution in [0.25, 0.3) is 0 Å². The van der Waals surface area contributed by atoms with E-state index in [2.05, 4.69) is 60.6 Å². The van der Waals surface area contributed by atoms with Crippen molar-refractivity contribution in [3.05, 3.63) is 35.9 Å². The first-order valence-corrected chi connectivity index (χ1v) is 12.2. The first-order valence-electron chi connectivity index (χ1n) is 12.2. The molecule has 2 saturated heterocycles. The Kier molecular flexibility index (Phi) is 12.5. The molecule has 0 saturated carbocycles. The highest BCUT2D eigenvalue weighted by Gasteiger charge is 2.29. The van der Waals surface area contributed by atoms with Crippen LogP contribution in [-0.2, 0) is 16.0 Å². The third kappa shape index (κ3) is 9.05. The summed E-state index contributed by atoms with van der Waals surface area (Å²) in [5.74, 6) is 1.97. The van der Waals surface area contributed by atoms with E-state index in [1.165, 1.54) is 5.56 Å². The largest absolute Gasteiger partial charge is 0.379 e. The van der Waals surface area contributed by atoms with Crippen LogP contribution < -0.4 is 10.6 Å². The molecule has 2 aliphatic rings. The van der Waals surface area contributed by atoms with Crippen molar-refractivity contribution in [2.24, 2.45) is 16.8 Å². The summed E-state index contributed by atoms with van der Waals surface area (Å²) in [6.07, 6.45) is 1.53. The molecule has 3 rings (SSSR count). The molecule has 0 bridgehead atoms. The summed E-state index contributed by atoms with van der Waals surface area (Å²) < 4.78 is 5.52. The zero-order chi connectivity index (χ0) is 22.8. The van der Waals surface area contributed by atoms with E-state index < -0.39 is 0 Å². The number of benzene rings is 1. The maximum Gasteiger partial charge on any atom is 0.223 e. The Hall–Kier alpha value is -1.39.